The number of hydrogen-bond donors (Lipinski definition) is 1. The standard InChI is InChI=1S/C22H18BrNO5/c1-27-18-9-5-8-16(14-18)24-22(26)21(15-6-3-2-4-7-15)29-20(25)13-11-17-10-12-19(23)28-17/h2-14,21H,1H3,(H,24,26)/b13-11+. The minimum absolute atomic E-state index is 0.478. The zero-order valence-corrected chi connectivity index (χ0v) is 17.1. The lowest BCUT2D eigenvalue weighted by atomic mass is 10.1. The van der Waals surface area contributed by atoms with Crippen LogP contribution in [0, 0.1) is 0 Å². The molecule has 3 rings (SSSR count). The molecule has 1 unspecified atom stereocenters. The number of nitrogens with one attached hydrogen (secondary N) is 1. The predicted molar refractivity (Wildman–Crippen MR) is 112 cm³/mol. The molecular formula is C22H18BrNO5. The van der Waals surface area contributed by atoms with Gasteiger partial charge in [0.15, 0.2) is 4.67 Å². The van der Waals surface area contributed by atoms with Gasteiger partial charge in [-0.05, 0) is 46.3 Å². The van der Waals surface area contributed by atoms with E-state index < -0.39 is 18.0 Å². The number of halogens is 1. The highest BCUT2D eigenvalue weighted by atomic mass is 79.9. The summed E-state index contributed by atoms with van der Waals surface area (Å²) in [4.78, 5) is 25.1. The lowest BCUT2D eigenvalue weighted by Crippen LogP contribution is -2.25. The van der Waals surface area contributed by atoms with E-state index in [0.717, 1.165) is 0 Å². The fourth-order valence-electron chi connectivity index (χ4n) is 2.53. The number of methoxy groups -OCH3 is 1. The monoisotopic (exact) mass is 455 g/mol. The molecule has 0 aliphatic rings. The van der Waals surface area contributed by atoms with Gasteiger partial charge >= 0.3 is 5.97 Å². The van der Waals surface area contributed by atoms with Gasteiger partial charge in [-0.25, -0.2) is 4.79 Å². The van der Waals surface area contributed by atoms with Crippen molar-refractivity contribution in [3.63, 3.8) is 0 Å². The highest BCUT2D eigenvalue weighted by Gasteiger charge is 2.24. The summed E-state index contributed by atoms with van der Waals surface area (Å²) in [7, 11) is 1.54. The Morgan fingerprint density at radius 3 is 2.55 bits per heavy atom. The maximum absolute atomic E-state index is 12.8. The number of esters is 1. The van der Waals surface area contributed by atoms with Gasteiger partial charge < -0.3 is 19.2 Å². The van der Waals surface area contributed by atoms with Gasteiger partial charge in [0, 0.05) is 23.4 Å². The highest BCUT2D eigenvalue weighted by Crippen LogP contribution is 2.23. The summed E-state index contributed by atoms with van der Waals surface area (Å²) in [6.07, 6.45) is 1.55. The number of hydrogen-bond acceptors (Lipinski definition) is 5. The van der Waals surface area contributed by atoms with Gasteiger partial charge in [0.25, 0.3) is 5.91 Å². The second-order valence-electron chi connectivity index (χ2n) is 5.92. The summed E-state index contributed by atoms with van der Waals surface area (Å²) in [5.41, 5.74) is 1.08. The SMILES string of the molecule is COc1cccc(NC(=O)C(OC(=O)/C=C/c2ccc(Br)o2)c2ccccc2)c1. The van der Waals surface area contributed by atoms with Crippen LogP contribution in [-0.4, -0.2) is 19.0 Å². The van der Waals surface area contributed by atoms with Crippen LogP contribution >= 0.6 is 15.9 Å². The van der Waals surface area contributed by atoms with Gasteiger partial charge in [-0.15, -0.1) is 0 Å². The second-order valence-corrected chi connectivity index (χ2v) is 6.71. The predicted octanol–water partition coefficient (Wildman–Crippen LogP) is 4.99. The molecule has 1 N–H and O–H groups in total. The van der Waals surface area contributed by atoms with Gasteiger partial charge in [0.2, 0.25) is 6.10 Å². The minimum atomic E-state index is -1.12. The quantitative estimate of drug-likeness (QED) is 0.401. The fourth-order valence-corrected chi connectivity index (χ4v) is 2.85. The van der Waals surface area contributed by atoms with E-state index >= 15 is 0 Å². The van der Waals surface area contributed by atoms with E-state index in [1.807, 2.05) is 6.07 Å². The molecule has 29 heavy (non-hydrogen) atoms. The van der Waals surface area contributed by atoms with Crippen molar-refractivity contribution >= 4 is 39.6 Å². The lowest BCUT2D eigenvalue weighted by Gasteiger charge is -2.17. The molecule has 1 heterocycles. The first kappa shape index (κ1) is 20.4. The molecule has 1 amide bonds. The molecule has 3 aromatic rings. The van der Waals surface area contributed by atoms with Crippen LogP contribution in [0.15, 0.2) is 81.9 Å². The lowest BCUT2D eigenvalue weighted by molar-refractivity contribution is -0.149. The van der Waals surface area contributed by atoms with Crippen LogP contribution in [-0.2, 0) is 14.3 Å². The van der Waals surface area contributed by atoms with E-state index in [-0.39, 0.29) is 0 Å². The number of rotatable bonds is 7. The molecule has 1 atom stereocenters. The molecule has 0 saturated carbocycles. The number of ether oxygens (including phenoxy) is 2. The molecule has 0 fully saturated rings. The number of carbonyl (C=O) groups is 2. The summed E-state index contributed by atoms with van der Waals surface area (Å²) >= 11 is 3.19. The van der Waals surface area contributed by atoms with Gasteiger partial charge in [0.05, 0.1) is 7.11 Å². The largest absolute Gasteiger partial charge is 0.497 e. The van der Waals surface area contributed by atoms with Crippen molar-refractivity contribution in [1.29, 1.82) is 0 Å². The summed E-state index contributed by atoms with van der Waals surface area (Å²) in [5.74, 6) is -0.0753. The zero-order valence-electron chi connectivity index (χ0n) is 15.5. The molecule has 6 nitrogen and oxygen atoms in total. The minimum Gasteiger partial charge on any atom is -0.497 e. The Labute approximate surface area is 176 Å². The molecule has 0 aliphatic heterocycles. The van der Waals surface area contributed by atoms with E-state index in [0.29, 0.717) is 27.4 Å². The van der Waals surface area contributed by atoms with E-state index in [2.05, 4.69) is 21.2 Å². The van der Waals surface area contributed by atoms with Crippen LogP contribution in [0.3, 0.4) is 0 Å². The van der Waals surface area contributed by atoms with Gasteiger partial charge in [-0.1, -0.05) is 36.4 Å². The van der Waals surface area contributed by atoms with Crippen LogP contribution in [0.25, 0.3) is 6.08 Å². The Balaban J connectivity index is 1.76. The Bertz CT molecular complexity index is 1010. The van der Waals surface area contributed by atoms with Gasteiger partial charge in [0.1, 0.15) is 11.5 Å². The molecule has 148 valence electrons. The molecule has 0 spiro atoms. The Kier molecular flexibility index (Phi) is 6.86. The molecule has 1 aromatic heterocycles. The summed E-state index contributed by atoms with van der Waals surface area (Å²) < 4.78 is 16.4. The van der Waals surface area contributed by atoms with Crippen molar-refractivity contribution in [2.75, 3.05) is 12.4 Å². The van der Waals surface area contributed by atoms with Crippen molar-refractivity contribution in [3.05, 3.63) is 88.8 Å². The molecular weight excluding hydrogens is 438 g/mol. The molecule has 0 radical (unpaired) electrons. The maximum atomic E-state index is 12.8. The average Bonchev–Trinajstić information content (AvgIpc) is 3.16. The van der Waals surface area contributed by atoms with Gasteiger partial charge in [-0.2, -0.15) is 0 Å². The Morgan fingerprint density at radius 2 is 1.86 bits per heavy atom. The zero-order chi connectivity index (χ0) is 20.6. The molecule has 0 saturated heterocycles. The fraction of sp³-hybridized carbons (Fsp3) is 0.0909. The Morgan fingerprint density at radius 1 is 1.07 bits per heavy atom. The molecule has 7 heteroatoms. The Hall–Kier alpha value is -3.32. The number of carbonyl (C=O) groups excluding carboxylic acids is 2. The van der Waals surface area contributed by atoms with E-state index in [9.17, 15) is 9.59 Å². The third kappa shape index (κ3) is 5.83. The van der Waals surface area contributed by atoms with Crippen molar-refractivity contribution in [2.45, 2.75) is 6.10 Å². The van der Waals surface area contributed by atoms with E-state index in [1.54, 1.807) is 67.8 Å². The van der Waals surface area contributed by atoms with E-state index in [4.69, 9.17) is 13.9 Å². The summed E-state index contributed by atoms with van der Waals surface area (Å²) in [5, 5.41) is 2.75. The third-order valence-corrected chi connectivity index (χ3v) is 4.32. The van der Waals surface area contributed by atoms with Crippen LogP contribution < -0.4 is 10.1 Å². The van der Waals surface area contributed by atoms with Crippen LogP contribution in [0.4, 0.5) is 5.69 Å². The third-order valence-electron chi connectivity index (χ3n) is 3.89. The van der Waals surface area contributed by atoms with E-state index in [1.165, 1.54) is 12.2 Å². The topological polar surface area (TPSA) is 77.8 Å². The van der Waals surface area contributed by atoms with Crippen molar-refractivity contribution in [1.82, 2.24) is 0 Å². The molecule has 0 bridgehead atoms. The molecule has 2 aromatic carbocycles. The highest BCUT2D eigenvalue weighted by molar-refractivity contribution is 9.10. The number of furan rings is 1. The number of anilines is 1. The first-order valence-electron chi connectivity index (χ1n) is 8.69. The molecule has 0 aliphatic carbocycles. The van der Waals surface area contributed by atoms with Crippen molar-refractivity contribution < 1.29 is 23.5 Å². The number of benzene rings is 2. The summed E-state index contributed by atoms with van der Waals surface area (Å²) in [6.45, 7) is 0. The first-order valence-corrected chi connectivity index (χ1v) is 9.48. The van der Waals surface area contributed by atoms with Crippen LogP contribution in [0.5, 0.6) is 5.75 Å². The average molecular weight is 456 g/mol. The summed E-state index contributed by atoms with van der Waals surface area (Å²) in [6, 6.07) is 19.1. The normalized spacial score (nSPS) is 11.8. The van der Waals surface area contributed by atoms with Crippen LogP contribution in [0.1, 0.15) is 17.4 Å². The van der Waals surface area contributed by atoms with Gasteiger partial charge in [-0.3, -0.25) is 4.79 Å². The van der Waals surface area contributed by atoms with Crippen molar-refractivity contribution in [3.8, 4) is 5.75 Å². The first-order chi connectivity index (χ1) is 14.0. The number of amides is 1. The van der Waals surface area contributed by atoms with Crippen LogP contribution in [0.2, 0.25) is 0 Å². The smallest absolute Gasteiger partial charge is 0.332 e. The second kappa shape index (κ2) is 9.75. The van der Waals surface area contributed by atoms with Crippen molar-refractivity contribution in [2.24, 2.45) is 0 Å². The maximum Gasteiger partial charge on any atom is 0.332 e.